The molecule has 1 atom stereocenters. The Labute approximate surface area is 134 Å². The van der Waals surface area contributed by atoms with Crippen LogP contribution in [0.3, 0.4) is 0 Å². The number of aromatic nitrogens is 1. The maximum atomic E-state index is 11.1. The largest absolute Gasteiger partial charge is 0.388 e. The summed E-state index contributed by atoms with van der Waals surface area (Å²) in [4.78, 5) is 16.8. The summed E-state index contributed by atoms with van der Waals surface area (Å²) < 4.78 is 0. The van der Waals surface area contributed by atoms with Crippen LogP contribution in [-0.2, 0) is 0 Å². The van der Waals surface area contributed by atoms with E-state index < -0.39 is 11.0 Å². The highest BCUT2D eigenvalue weighted by atomic mass is 16.6. The van der Waals surface area contributed by atoms with Gasteiger partial charge in [-0.15, -0.1) is 0 Å². The molecule has 0 bridgehead atoms. The summed E-state index contributed by atoms with van der Waals surface area (Å²) in [6, 6.07) is 12.7. The molecule has 1 aromatic carbocycles. The number of rotatable bonds is 4. The van der Waals surface area contributed by atoms with E-state index in [9.17, 15) is 15.2 Å². The van der Waals surface area contributed by atoms with Gasteiger partial charge in [-0.25, -0.2) is 4.98 Å². The molecule has 1 aliphatic rings. The lowest BCUT2D eigenvalue weighted by atomic mass is 9.87. The number of nitrogens with zero attached hydrogens (tertiary/aromatic N) is 3. The summed E-state index contributed by atoms with van der Waals surface area (Å²) >= 11 is 0. The van der Waals surface area contributed by atoms with Gasteiger partial charge in [0.2, 0.25) is 5.82 Å². The molecule has 0 radical (unpaired) electrons. The Morgan fingerprint density at radius 1 is 1.17 bits per heavy atom. The molecular weight excluding hydrogens is 294 g/mol. The highest BCUT2D eigenvalue weighted by Crippen LogP contribution is 2.34. The number of hydrogen-bond acceptors (Lipinski definition) is 5. The number of aliphatic hydroxyl groups excluding tert-OH is 1. The topological polar surface area (TPSA) is 79.5 Å². The second-order valence-corrected chi connectivity index (χ2v) is 5.78. The SMILES string of the molecule is O=[N+]([O-])c1cccnc1N1CCC([C@@H](O)c2ccccc2)CC1. The summed E-state index contributed by atoms with van der Waals surface area (Å²) in [5.74, 6) is 0.585. The summed E-state index contributed by atoms with van der Waals surface area (Å²) in [5.41, 5.74) is 0.962. The second-order valence-electron chi connectivity index (χ2n) is 5.78. The van der Waals surface area contributed by atoms with E-state index >= 15 is 0 Å². The van der Waals surface area contributed by atoms with E-state index in [1.807, 2.05) is 35.2 Å². The van der Waals surface area contributed by atoms with Crippen molar-refractivity contribution in [3.8, 4) is 0 Å². The van der Waals surface area contributed by atoms with Gasteiger partial charge in [0.05, 0.1) is 11.0 Å². The number of pyridine rings is 1. The van der Waals surface area contributed by atoms with Gasteiger partial charge in [-0.05, 0) is 30.4 Å². The Hall–Kier alpha value is -2.47. The Balaban J connectivity index is 1.68. The Morgan fingerprint density at radius 2 is 1.87 bits per heavy atom. The van der Waals surface area contributed by atoms with E-state index in [-0.39, 0.29) is 11.6 Å². The van der Waals surface area contributed by atoms with E-state index in [4.69, 9.17) is 0 Å². The van der Waals surface area contributed by atoms with Gasteiger partial charge in [0, 0.05) is 25.4 Å². The summed E-state index contributed by atoms with van der Waals surface area (Å²) in [6.07, 6.45) is 2.65. The van der Waals surface area contributed by atoms with Crippen molar-refractivity contribution < 1.29 is 10.0 Å². The average molecular weight is 313 g/mol. The number of anilines is 1. The molecule has 0 spiro atoms. The molecule has 2 heterocycles. The van der Waals surface area contributed by atoms with Crippen molar-refractivity contribution in [3.05, 3.63) is 64.3 Å². The maximum Gasteiger partial charge on any atom is 0.311 e. The molecule has 1 fully saturated rings. The molecule has 0 aliphatic carbocycles. The third kappa shape index (κ3) is 3.32. The number of hydrogen-bond donors (Lipinski definition) is 1. The molecule has 3 rings (SSSR count). The Kier molecular flexibility index (Phi) is 4.52. The lowest BCUT2D eigenvalue weighted by molar-refractivity contribution is -0.384. The third-order valence-electron chi connectivity index (χ3n) is 4.39. The number of nitro groups is 1. The normalized spacial score (nSPS) is 17.0. The van der Waals surface area contributed by atoms with Crippen molar-refractivity contribution in [3.63, 3.8) is 0 Å². The smallest absolute Gasteiger partial charge is 0.311 e. The molecule has 0 amide bonds. The first kappa shape index (κ1) is 15.4. The zero-order chi connectivity index (χ0) is 16.2. The minimum absolute atomic E-state index is 0.0366. The summed E-state index contributed by atoms with van der Waals surface area (Å²) in [6.45, 7) is 1.32. The molecule has 120 valence electrons. The number of benzene rings is 1. The molecule has 6 heteroatoms. The monoisotopic (exact) mass is 313 g/mol. The van der Waals surface area contributed by atoms with E-state index in [1.54, 1.807) is 12.3 Å². The first-order chi connectivity index (χ1) is 11.2. The van der Waals surface area contributed by atoms with E-state index in [1.165, 1.54) is 6.07 Å². The van der Waals surface area contributed by atoms with Crippen LogP contribution in [0.1, 0.15) is 24.5 Å². The van der Waals surface area contributed by atoms with E-state index in [0.717, 1.165) is 18.4 Å². The van der Waals surface area contributed by atoms with Gasteiger partial charge in [-0.3, -0.25) is 10.1 Å². The van der Waals surface area contributed by atoms with Gasteiger partial charge in [0.15, 0.2) is 0 Å². The van der Waals surface area contributed by atoms with Crippen LogP contribution in [0.5, 0.6) is 0 Å². The molecule has 23 heavy (non-hydrogen) atoms. The van der Waals surface area contributed by atoms with Gasteiger partial charge in [0.25, 0.3) is 0 Å². The summed E-state index contributed by atoms with van der Waals surface area (Å²) in [5, 5.41) is 21.6. The van der Waals surface area contributed by atoms with Gasteiger partial charge < -0.3 is 10.0 Å². The predicted octanol–water partition coefficient (Wildman–Crippen LogP) is 2.94. The predicted molar refractivity (Wildman–Crippen MR) is 87.2 cm³/mol. The maximum absolute atomic E-state index is 11.1. The van der Waals surface area contributed by atoms with Crippen LogP contribution in [0, 0.1) is 16.0 Å². The second kappa shape index (κ2) is 6.75. The Bertz CT molecular complexity index is 670. The van der Waals surface area contributed by atoms with E-state index in [0.29, 0.717) is 18.9 Å². The fourth-order valence-corrected chi connectivity index (χ4v) is 3.12. The fourth-order valence-electron chi connectivity index (χ4n) is 3.12. The summed E-state index contributed by atoms with van der Waals surface area (Å²) in [7, 11) is 0. The van der Waals surface area contributed by atoms with E-state index in [2.05, 4.69) is 4.98 Å². The van der Waals surface area contributed by atoms with Crippen LogP contribution < -0.4 is 4.90 Å². The standard InChI is InChI=1S/C17H19N3O3/c21-16(13-5-2-1-3-6-13)14-8-11-19(12-9-14)17-15(20(22)23)7-4-10-18-17/h1-7,10,14,16,21H,8-9,11-12H2/t16-/m0/s1. The van der Waals surface area contributed by atoms with Gasteiger partial charge in [-0.2, -0.15) is 0 Å². The quantitative estimate of drug-likeness (QED) is 0.693. The minimum atomic E-state index is -0.489. The first-order valence-electron chi connectivity index (χ1n) is 7.74. The average Bonchev–Trinajstić information content (AvgIpc) is 2.62. The third-order valence-corrected chi connectivity index (χ3v) is 4.39. The van der Waals surface area contributed by atoms with Gasteiger partial charge in [-0.1, -0.05) is 30.3 Å². The van der Waals surface area contributed by atoms with Crippen molar-refractivity contribution in [2.45, 2.75) is 18.9 Å². The minimum Gasteiger partial charge on any atom is -0.388 e. The highest BCUT2D eigenvalue weighted by Gasteiger charge is 2.29. The molecule has 2 aromatic rings. The van der Waals surface area contributed by atoms with Crippen molar-refractivity contribution in [2.75, 3.05) is 18.0 Å². The van der Waals surface area contributed by atoms with Crippen molar-refractivity contribution >= 4 is 11.5 Å². The zero-order valence-electron chi connectivity index (χ0n) is 12.7. The highest BCUT2D eigenvalue weighted by molar-refractivity contribution is 5.57. The first-order valence-corrected chi connectivity index (χ1v) is 7.74. The van der Waals surface area contributed by atoms with Crippen LogP contribution in [0.15, 0.2) is 48.7 Å². The molecule has 1 N–H and O–H groups in total. The molecule has 6 nitrogen and oxygen atoms in total. The van der Waals surface area contributed by atoms with Crippen molar-refractivity contribution in [2.24, 2.45) is 5.92 Å². The Morgan fingerprint density at radius 3 is 2.52 bits per heavy atom. The number of piperidine rings is 1. The van der Waals surface area contributed by atoms with Gasteiger partial charge >= 0.3 is 5.69 Å². The van der Waals surface area contributed by atoms with Gasteiger partial charge in [0.1, 0.15) is 0 Å². The van der Waals surface area contributed by atoms with Crippen LogP contribution >= 0.6 is 0 Å². The fraction of sp³-hybridized carbons (Fsp3) is 0.353. The van der Waals surface area contributed by atoms with Crippen molar-refractivity contribution in [1.29, 1.82) is 0 Å². The zero-order valence-corrected chi connectivity index (χ0v) is 12.7. The molecule has 0 saturated carbocycles. The van der Waals surface area contributed by atoms with Crippen LogP contribution in [-0.4, -0.2) is 28.1 Å². The molecular formula is C17H19N3O3. The molecule has 0 unspecified atom stereocenters. The van der Waals surface area contributed by atoms with Crippen molar-refractivity contribution in [1.82, 2.24) is 4.98 Å². The molecule has 1 saturated heterocycles. The lowest BCUT2D eigenvalue weighted by Gasteiger charge is -2.34. The van der Waals surface area contributed by atoms with Crippen LogP contribution in [0.25, 0.3) is 0 Å². The van der Waals surface area contributed by atoms with Crippen LogP contribution in [0.4, 0.5) is 11.5 Å². The molecule has 1 aliphatic heterocycles. The van der Waals surface area contributed by atoms with Crippen LogP contribution in [0.2, 0.25) is 0 Å². The number of aliphatic hydroxyl groups is 1. The lowest BCUT2D eigenvalue weighted by Crippen LogP contribution is -2.36. The molecule has 1 aromatic heterocycles.